The number of nitrogen functional groups attached to an aromatic ring is 1. The van der Waals surface area contributed by atoms with E-state index in [1.807, 2.05) is 13.2 Å². The molecule has 1 atom stereocenters. The van der Waals surface area contributed by atoms with Crippen molar-refractivity contribution in [3.05, 3.63) is 24.3 Å². The van der Waals surface area contributed by atoms with E-state index in [-0.39, 0.29) is 18.4 Å². The minimum atomic E-state index is -3.31. The van der Waals surface area contributed by atoms with Crippen LogP contribution in [0.1, 0.15) is 13.3 Å². The van der Waals surface area contributed by atoms with Crippen molar-refractivity contribution in [2.24, 2.45) is 0 Å². The maximum atomic E-state index is 12.3. The number of thioether (sulfide) groups is 1. The Morgan fingerprint density at radius 3 is 2.71 bits per heavy atom. The summed E-state index contributed by atoms with van der Waals surface area (Å²) in [4.78, 5) is 0. The number of hydrogen-bond donors (Lipinski definition) is 1. The molecule has 1 aromatic carbocycles. The van der Waals surface area contributed by atoms with Gasteiger partial charge in [0.25, 0.3) is 0 Å². The molecule has 0 fully saturated rings. The highest BCUT2D eigenvalue weighted by molar-refractivity contribution is 7.98. The van der Waals surface area contributed by atoms with Crippen molar-refractivity contribution in [1.29, 1.82) is 0 Å². The second-order valence-electron chi connectivity index (χ2n) is 4.77. The average molecular weight is 332 g/mol. The first-order valence-corrected chi connectivity index (χ1v) is 9.84. The standard InChI is InChI=1S/C14H24N2O3S2/c1-4-13(11-20-3)16(2)21(17,18)9-8-19-14-7-5-6-12(15)10-14/h5-7,10,13H,4,8-9,11,15H2,1-3H3. The number of hydrogen-bond acceptors (Lipinski definition) is 5. The number of nitrogens with zero attached hydrogens (tertiary/aromatic N) is 1. The van der Waals surface area contributed by atoms with Crippen LogP contribution in [0.25, 0.3) is 0 Å². The largest absolute Gasteiger partial charge is 0.492 e. The predicted molar refractivity (Wildman–Crippen MR) is 90.4 cm³/mol. The monoisotopic (exact) mass is 332 g/mol. The number of benzene rings is 1. The summed E-state index contributed by atoms with van der Waals surface area (Å²) in [6.07, 6.45) is 2.78. The summed E-state index contributed by atoms with van der Waals surface area (Å²) >= 11 is 1.65. The Morgan fingerprint density at radius 2 is 2.14 bits per heavy atom. The molecular formula is C14H24N2O3S2. The van der Waals surface area contributed by atoms with Crippen LogP contribution >= 0.6 is 11.8 Å². The van der Waals surface area contributed by atoms with Crippen LogP contribution < -0.4 is 10.5 Å². The summed E-state index contributed by atoms with van der Waals surface area (Å²) in [6.45, 7) is 2.11. The SMILES string of the molecule is CCC(CSC)N(C)S(=O)(=O)CCOc1cccc(N)c1. The van der Waals surface area contributed by atoms with Crippen molar-refractivity contribution in [3.8, 4) is 5.75 Å². The summed E-state index contributed by atoms with van der Waals surface area (Å²) in [6, 6.07) is 6.99. The quantitative estimate of drug-likeness (QED) is 0.701. The van der Waals surface area contributed by atoms with E-state index in [9.17, 15) is 8.42 Å². The number of ether oxygens (including phenoxy) is 1. The van der Waals surface area contributed by atoms with Gasteiger partial charge in [-0.15, -0.1) is 0 Å². The van der Waals surface area contributed by atoms with Crippen molar-refractivity contribution in [3.63, 3.8) is 0 Å². The van der Waals surface area contributed by atoms with Gasteiger partial charge in [-0.25, -0.2) is 12.7 Å². The second-order valence-corrected chi connectivity index (χ2v) is 7.83. The first-order valence-electron chi connectivity index (χ1n) is 6.83. The van der Waals surface area contributed by atoms with Gasteiger partial charge in [0.2, 0.25) is 10.0 Å². The fourth-order valence-electron chi connectivity index (χ4n) is 1.91. The molecular weight excluding hydrogens is 308 g/mol. The third-order valence-corrected chi connectivity index (χ3v) is 5.83. The van der Waals surface area contributed by atoms with E-state index >= 15 is 0 Å². The lowest BCUT2D eigenvalue weighted by molar-refractivity contribution is 0.331. The minimum absolute atomic E-state index is 0.0253. The van der Waals surface area contributed by atoms with E-state index in [1.165, 1.54) is 4.31 Å². The van der Waals surface area contributed by atoms with Crippen LogP contribution in [-0.2, 0) is 10.0 Å². The number of anilines is 1. The Balaban J connectivity index is 2.56. The zero-order valence-electron chi connectivity index (χ0n) is 12.8. The third kappa shape index (κ3) is 5.76. The third-order valence-electron chi connectivity index (χ3n) is 3.25. The first-order chi connectivity index (χ1) is 9.90. The lowest BCUT2D eigenvalue weighted by atomic mass is 10.3. The summed E-state index contributed by atoms with van der Waals surface area (Å²) in [7, 11) is -1.67. The smallest absolute Gasteiger partial charge is 0.217 e. The summed E-state index contributed by atoms with van der Waals surface area (Å²) in [5, 5.41) is 0. The molecule has 0 radical (unpaired) electrons. The zero-order chi connectivity index (χ0) is 15.9. The average Bonchev–Trinajstić information content (AvgIpc) is 2.44. The van der Waals surface area contributed by atoms with Gasteiger partial charge in [-0.1, -0.05) is 13.0 Å². The van der Waals surface area contributed by atoms with Gasteiger partial charge in [0.1, 0.15) is 12.4 Å². The minimum Gasteiger partial charge on any atom is -0.492 e. The maximum absolute atomic E-state index is 12.3. The molecule has 0 aliphatic heterocycles. The molecule has 0 spiro atoms. The van der Waals surface area contributed by atoms with Crippen molar-refractivity contribution >= 4 is 27.5 Å². The maximum Gasteiger partial charge on any atom is 0.217 e. The van der Waals surface area contributed by atoms with Gasteiger partial charge >= 0.3 is 0 Å². The molecule has 0 saturated carbocycles. The van der Waals surface area contributed by atoms with E-state index in [0.29, 0.717) is 11.4 Å². The number of sulfonamides is 1. The highest BCUT2D eigenvalue weighted by Crippen LogP contribution is 2.16. The summed E-state index contributed by atoms with van der Waals surface area (Å²) in [5.74, 6) is 1.34. The van der Waals surface area contributed by atoms with Gasteiger partial charge in [-0.3, -0.25) is 0 Å². The van der Waals surface area contributed by atoms with Crippen LogP contribution in [0.5, 0.6) is 5.75 Å². The number of rotatable bonds is 9. The van der Waals surface area contributed by atoms with E-state index in [4.69, 9.17) is 10.5 Å². The Labute approximate surface area is 131 Å². The van der Waals surface area contributed by atoms with Crippen molar-refractivity contribution in [2.75, 3.05) is 37.1 Å². The molecule has 1 rings (SSSR count). The van der Waals surface area contributed by atoms with Crippen molar-refractivity contribution in [2.45, 2.75) is 19.4 Å². The molecule has 7 heteroatoms. The molecule has 0 bridgehead atoms. The van der Waals surface area contributed by atoms with Crippen LogP contribution in [0, 0.1) is 0 Å². The predicted octanol–water partition coefficient (Wildman–Crippen LogP) is 2.05. The van der Waals surface area contributed by atoms with Gasteiger partial charge in [-0.05, 0) is 24.8 Å². The zero-order valence-corrected chi connectivity index (χ0v) is 14.4. The fourth-order valence-corrected chi connectivity index (χ4v) is 4.11. The van der Waals surface area contributed by atoms with E-state index < -0.39 is 10.0 Å². The van der Waals surface area contributed by atoms with E-state index in [2.05, 4.69) is 0 Å². The van der Waals surface area contributed by atoms with Crippen LogP contribution in [0.3, 0.4) is 0 Å². The highest BCUT2D eigenvalue weighted by atomic mass is 32.2. The topological polar surface area (TPSA) is 72.6 Å². The molecule has 2 N–H and O–H groups in total. The molecule has 0 aliphatic carbocycles. The Hall–Kier alpha value is -0.920. The lowest BCUT2D eigenvalue weighted by Gasteiger charge is -2.26. The molecule has 0 aromatic heterocycles. The number of nitrogens with two attached hydrogens (primary N) is 1. The van der Waals surface area contributed by atoms with Crippen LogP contribution in [0.4, 0.5) is 5.69 Å². The molecule has 120 valence electrons. The van der Waals surface area contributed by atoms with E-state index in [1.54, 1.807) is 43.1 Å². The van der Waals surface area contributed by atoms with Gasteiger partial charge in [0.05, 0.1) is 5.75 Å². The summed E-state index contributed by atoms with van der Waals surface area (Å²) in [5.41, 5.74) is 6.24. The molecule has 21 heavy (non-hydrogen) atoms. The second kappa shape index (κ2) is 8.51. The van der Waals surface area contributed by atoms with E-state index in [0.717, 1.165) is 12.2 Å². The Kier molecular flexibility index (Phi) is 7.34. The van der Waals surface area contributed by atoms with Crippen molar-refractivity contribution < 1.29 is 13.2 Å². The Morgan fingerprint density at radius 1 is 1.43 bits per heavy atom. The van der Waals surface area contributed by atoms with Crippen LogP contribution in [-0.4, -0.2) is 50.2 Å². The highest BCUT2D eigenvalue weighted by Gasteiger charge is 2.24. The van der Waals surface area contributed by atoms with Gasteiger partial charge in [0.15, 0.2) is 0 Å². The van der Waals surface area contributed by atoms with Gasteiger partial charge in [-0.2, -0.15) is 11.8 Å². The van der Waals surface area contributed by atoms with Crippen LogP contribution in [0.15, 0.2) is 24.3 Å². The molecule has 1 aromatic rings. The van der Waals surface area contributed by atoms with Gasteiger partial charge in [0, 0.05) is 30.6 Å². The molecule has 0 heterocycles. The first kappa shape index (κ1) is 18.1. The summed E-state index contributed by atoms with van der Waals surface area (Å²) < 4.78 is 31.5. The normalized spacial score (nSPS) is 13.3. The molecule has 5 nitrogen and oxygen atoms in total. The molecule has 0 amide bonds. The van der Waals surface area contributed by atoms with Crippen molar-refractivity contribution in [1.82, 2.24) is 4.31 Å². The molecule has 0 saturated heterocycles. The van der Waals surface area contributed by atoms with Gasteiger partial charge < -0.3 is 10.5 Å². The lowest BCUT2D eigenvalue weighted by Crippen LogP contribution is -2.40. The molecule has 1 unspecified atom stereocenters. The Bertz CT molecular complexity index is 535. The van der Waals surface area contributed by atoms with Crippen LogP contribution in [0.2, 0.25) is 0 Å². The fraction of sp³-hybridized carbons (Fsp3) is 0.571. The molecule has 0 aliphatic rings.